The molecule has 0 amide bonds. The van der Waals surface area contributed by atoms with Crippen LogP contribution in [0.2, 0.25) is 0 Å². The summed E-state index contributed by atoms with van der Waals surface area (Å²) >= 11 is 0. The van der Waals surface area contributed by atoms with Crippen LogP contribution in [-0.2, 0) is 9.05 Å². The van der Waals surface area contributed by atoms with Gasteiger partial charge in [-0.1, -0.05) is 0 Å². The van der Waals surface area contributed by atoms with Crippen molar-refractivity contribution in [3.8, 4) is 0 Å². The van der Waals surface area contributed by atoms with Gasteiger partial charge in [-0.15, -0.1) is 5.73 Å². The summed E-state index contributed by atoms with van der Waals surface area (Å²) in [6, 6.07) is 0. The molecule has 4 heteroatoms. The topological polar surface area (TPSA) is 40.8 Å². The fourth-order valence-electron chi connectivity index (χ4n) is 0.511. The Morgan fingerprint density at radius 3 is 2.38 bits per heavy atom. The van der Waals surface area contributed by atoms with Gasteiger partial charge in [0, 0.05) is 0 Å². The zero-order valence-corrected chi connectivity index (χ0v) is 5.43. The summed E-state index contributed by atoms with van der Waals surface area (Å²) in [4.78, 5) is 0. The lowest BCUT2D eigenvalue weighted by atomic mass is 10.5. The molecule has 1 fully saturated rings. The lowest BCUT2D eigenvalue weighted by Gasteiger charge is -2.19. The zero-order chi connectivity index (χ0) is 5.82. The molecule has 0 N–H and O–H groups in total. The van der Waals surface area contributed by atoms with Crippen LogP contribution in [0.25, 0.3) is 0 Å². The van der Waals surface area contributed by atoms with E-state index in [1.54, 1.807) is 0 Å². The molecule has 0 bridgehead atoms. The van der Waals surface area contributed by atoms with Gasteiger partial charge in [-0.05, 0) is 6.42 Å². The van der Waals surface area contributed by atoms with Crippen LogP contribution in [0.5, 0.6) is 0 Å². The van der Waals surface area contributed by atoms with Gasteiger partial charge < -0.3 is 9.05 Å². The molecule has 1 aliphatic rings. The SMILES string of the molecule is [N]CP1OCCCO1. The minimum absolute atomic E-state index is 0.0370. The fraction of sp³-hybridized carbons (Fsp3) is 1.00. The standard InChI is InChI=1S/C4H8NO2P/c5-4-8-6-2-1-3-7-8/h1-4H2. The molecule has 0 atom stereocenters. The van der Waals surface area contributed by atoms with Crippen LogP contribution in [0.3, 0.4) is 0 Å². The Kier molecular flexibility index (Phi) is 2.70. The monoisotopic (exact) mass is 133 g/mol. The Morgan fingerprint density at radius 2 is 2.00 bits per heavy atom. The van der Waals surface area contributed by atoms with E-state index < -0.39 is 8.38 Å². The molecule has 0 aromatic carbocycles. The smallest absolute Gasteiger partial charge is 0.188 e. The number of rotatable bonds is 1. The van der Waals surface area contributed by atoms with Crippen LogP contribution in [0.4, 0.5) is 0 Å². The van der Waals surface area contributed by atoms with E-state index >= 15 is 0 Å². The lowest BCUT2D eigenvalue weighted by molar-refractivity contribution is 0.182. The predicted octanol–water partition coefficient (Wildman–Crippen LogP) is 0.761. The fourth-order valence-corrected chi connectivity index (χ4v) is 1.41. The largest absolute Gasteiger partial charge is 0.333 e. The van der Waals surface area contributed by atoms with Crippen molar-refractivity contribution in [2.75, 3.05) is 19.5 Å². The van der Waals surface area contributed by atoms with Gasteiger partial charge in [0.15, 0.2) is 8.38 Å². The molecule has 0 unspecified atom stereocenters. The molecule has 2 radical (unpaired) electrons. The second kappa shape index (κ2) is 3.36. The molecule has 3 nitrogen and oxygen atoms in total. The van der Waals surface area contributed by atoms with Gasteiger partial charge in [0.25, 0.3) is 0 Å². The van der Waals surface area contributed by atoms with Crippen molar-refractivity contribution in [1.82, 2.24) is 5.73 Å². The third-order valence-electron chi connectivity index (χ3n) is 0.875. The first kappa shape index (κ1) is 6.43. The molecule has 0 aromatic rings. The Labute approximate surface area is 50.1 Å². The Balaban J connectivity index is 2.13. The third-order valence-corrected chi connectivity index (χ3v) is 2.05. The highest BCUT2D eigenvalue weighted by Crippen LogP contribution is 2.39. The quantitative estimate of drug-likeness (QED) is 0.495. The van der Waals surface area contributed by atoms with Crippen molar-refractivity contribution >= 4 is 8.38 Å². The highest BCUT2D eigenvalue weighted by atomic mass is 31.2. The van der Waals surface area contributed by atoms with E-state index in [1.807, 2.05) is 0 Å². The zero-order valence-electron chi connectivity index (χ0n) is 4.54. The van der Waals surface area contributed by atoms with Crippen LogP contribution in [0, 0.1) is 0 Å². The van der Waals surface area contributed by atoms with Crippen LogP contribution in [0.15, 0.2) is 0 Å². The molecule has 1 saturated heterocycles. The summed E-state index contributed by atoms with van der Waals surface area (Å²) in [5.41, 5.74) is 8.47. The molecule has 8 heavy (non-hydrogen) atoms. The van der Waals surface area contributed by atoms with Gasteiger partial charge in [-0.25, -0.2) is 0 Å². The van der Waals surface area contributed by atoms with E-state index in [4.69, 9.17) is 14.8 Å². The number of hydrogen-bond acceptors (Lipinski definition) is 2. The molecule has 1 heterocycles. The van der Waals surface area contributed by atoms with Gasteiger partial charge >= 0.3 is 0 Å². The molecular formula is C4H8NO2P. The van der Waals surface area contributed by atoms with Crippen LogP contribution in [-0.4, -0.2) is 19.5 Å². The van der Waals surface area contributed by atoms with Gasteiger partial charge in [0.2, 0.25) is 0 Å². The van der Waals surface area contributed by atoms with Crippen molar-refractivity contribution in [1.29, 1.82) is 0 Å². The Morgan fingerprint density at radius 1 is 1.38 bits per heavy atom. The minimum atomic E-state index is -0.914. The van der Waals surface area contributed by atoms with E-state index in [-0.39, 0.29) is 6.29 Å². The normalized spacial score (nSPS) is 23.6. The maximum absolute atomic E-state index is 8.47. The molecule has 46 valence electrons. The first-order chi connectivity index (χ1) is 3.93. The average molecular weight is 133 g/mol. The summed E-state index contributed by atoms with van der Waals surface area (Å²) < 4.78 is 10.0. The average Bonchev–Trinajstić information content (AvgIpc) is 1.90. The van der Waals surface area contributed by atoms with Gasteiger partial charge in [-0.3, -0.25) is 0 Å². The molecule has 0 aliphatic carbocycles. The van der Waals surface area contributed by atoms with Crippen LogP contribution < -0.4 is 5.73 Å². The highest BCUT2D eigenvalue weighted by molar-refractivity contribution is 7.47. The van der Waals surface area contributed by atoms with Crippen LogP contribution in [0.1, 0.15) is 6.42 Å². The first-order valence-electron chi connectivity index (χ1n) is 2.57. The summed E-state index contributed by atoms with van der Waals surface area (Å²) in [7, 11) is -0.914. The van der Waals surface area contributed by atoms with E-state index in [1.165, 1.54) is 0 Å². The van der Waals surface area contributed by atoms with Crippen molar-refractivity contribution in [2.45, 2.75) is 6.42 Å². The maximum Gasteiger partial charge on any atom is 0.188 e. The van der Waals surface area contributed by atoms with Gasteiger partial charge in [0.05, 0.1) is 13.2 Å². The van der Waals surface area contributed by atoms with E-state index in [0.29, 0.717) is 0 Å². The Bertz CT molecular complexity index is 65.1. The molecule has 0 aromatic heterocycles. The third kappa shape index (κ3) is 1.67. The molecule has 0 saturated carbocycles. The van der Waals surface area contributed by atoms with Crippen molar-refractivity contribution in [3.63, 3.8) is 0 Å². The summed E-state index contributed by atoms with van der Waals surface area (Å²) in [5.74, 6) is 0. The molecule has 1 aliphatic heterocycles. The van der Waals surface area contributed by atoms with Gasteiger partial charge in [0.1, 0.15) is 6.29 Å². The maximum atomic E-state index is 8.47. The van der Waals surface area contributed by atoms with E-state index in [0.717, 1.165) is 19.6 Å². The summed E-state index contributed by atoms with van der Waals surface area (Å²) in [6.45, 7) is 1.48. The molecule has 0 spiro atoms. The van der Waals surface area contributed by atoms with Crippen molar-refractivity contribution in [2.24, 2.45) is 0 Å². The summed E-state index contributed by atoms with van der Waals surface area (Å²) in [6.07, 6.45) is 0.994. The van der Waals surface area contributed by atoms with E-state index in [2.05, 4.69) is 0 Å². The Hall–Kier alpha value is 0.310. The van der Waals surface area contributed by atoms with Crippen molar-refractivity contribution < 1.29 is 9.05 Å². The number of hydrogen-bond donors (Lipinski definition) is 0. The molecular weight excluding hydrogens is 125 g/mol. The second-order valence-corrected chi connectivity index (χ2v) is 2.96. The lowest BCUT2D eigenvalue weighted by Crippen LogP contribution is -2.06. The number of nitrogens with zero attached hydrogens (tertiary/aromatic N) is 1. The summed E-state index contributed by atoms with van der Waals surface area (Å²) in [5, 5.41) is 0. The van der Waals surface area contributed by atoms with E-state index in [9.17, 15) is 0 Å². The van der Waals surface area contributed by atoms with Crippen LogP contribution >= 0.6 is 8.38 Å². The molecule has 1 rings (SSSR count). The van der Waals surface area contributed by atoms with Gasteiger partial charge in [-0.2, -0.15) is 0 Å². The minimum Gasteiger partial charge on any atom is -0.333 e. The second-order valence-electron chi connectivity index (χ2n) is 1.49. The van der Waals surface area contributed by atoms with Crippen molar-refractivity contribution in [3.05, 3.63) is 0 Å². The predicted molar refractivity (Wildman–Crippen MR) is 30.4 cm³/mol. The first-order valence-corrected chi connectivity index (χ1v) is 3.94. The highest BCUT2D eigenvalue weighted by Gasteiger charge is 2.12.